The van der Waals surface area contributed by atoms with Crippen LogP contribution in [-0.2, 0) is 17.6 Å². The molecule has 42 heavy (non-hydrogen) atoms. The molecule has 0 aliphatic carbocycles. The number of hydrogen-bond donors (Lipinski definition) is 1. The van der Waals surface area contributed by atoms with E-state index in [0.717, 1.165) is 5.56 Å². The lowest BCUT2D eigenvalue weighted by Crippen LogP contribution is -2.51. The summed E-state index contributed by atoms with van der Waals surface area (Å²) in [5.41, 5.74) is 3.26. The SMILES string of the molecule is COC(=O)c1ccc(CCC(C=Cc2ccccc2O)Cc2cc(F)c(O[Si](C(C)C)(C(C)C)C(C)C)c(F)c2)cc1. The second-order valence-electron chi connectivity index (χ2n) is 11.9. The maximum absolute atomic E-state index is 15.5. The Morgan fingerprint density at radius 3 is 1.98 bits per heavy atom. The molecule has 0 heterocycles. The van der Waals surface area contributed by atoms with Crippen LogP contribution in [0.4, 0.5) is 8.78 Å². The summed E-state index contributed by atoms with van der Waals surface area (Å²) < 4.78 is 42.2. The van der Waals surface area contributed by atoms with E-state index in [-0.39, 0.29) is 34.0 Å². The molecule has 3 aromatic carbocycles. The lowest BCUT2D eigenvalue weighted by atomic mass is 9.91. The number of para-hydroxylation sites is 1. The largest absolute Gasteiger partial charge is 0.539 e. The molecule has 0 fully saturated rings. The Morgan fingerprint density at radius 2 is 1.45 bits per heavy atom. The van der Waals surface area contributed by atoms with Gasteiger partial charge in [0, 0.05) is 5.56 Å². The number of phenols is 1. The van der Waals surface area contributed by atoms with Gasteiger partial charge in [0.25, 0.3) is 8.32 Å². The average molecular weight is 595 g/mol. The Labute approximate surface area is 250 Å². The molecule has 0 radical (unpaired) electrons. The van der Waals surface area contributed by atoms with E-state index < -0.39 is 25.9 Å². The number of halogens is 2. The minimum atomic E-state index is -2.54. The number of aryl methyl sites for hydroxylation is 1. The fraction of sp³-hybridized carbons (Fsp3) is 0.400. The van der Waals surface area contributed by atoms with Crippen LogP contribution >= 0.6 is 0 Å². The van der Waals surface area contributed by atoms with Crippen LogP contribution in [-0.4, -0.2) is 26.5 Å². The second-order valence-corrected chi connectivity index (χ2v) is 17.3. The number of methoxy groups -OCH3 is 1. The predicted octanol–water partition coefficient (Wildman–Crippen LogP) is 9.52. The summed E-state index contributed by atoms with van der Waals surface area (Å²) in [6.07, 6.45) is 5.60. The van der Waals surface area contributed by atoms with Gasteiger partial charge in [-0.2, -0.15) is 0 Å². The number of carbonyl (C=O) groups is 1. The van der Waals surface area contributed by atoms with E-state index in [0.29, 0.717) is 36.0 Å². The van der Waals surface area contributed by atoms with Crippen LogP contribution in [0.3, 0.4) is 0 Å². The third kappa shape index (κ3) is 7.88. The highest BCUT2D eigenvalue weighted by Crippen LogP contribution is 2.44. The predicted molar refractivity (Wildman–Crippen MR) is 168 cm³/mol. The van der Waals surface area contributed by atoms with Crippen molar-refractivity contribution in [3.63, 3.8) is 0 Å². The van der Waals surface area contributed by atoms with Crippen molar-refractivity contribution in [1.29, 1.82) is 0 Å². The van der Waals surface area contributed by atoms with Crippen LogP contribution < -0.4 is 4.43 Å². The minimum absolute atomic E-state index is 0.0779. The summed E-state index contributed by atoms with van der Waals surface area (Å²) in [7, 11) is -1.20. The normalized spacial score (nSPS) is 12.9. The fourth-order valence-corrected chi connectivity index (χ4v) is 11.3. The highest BCUT2D eigenvalue weighted by molar-refractivity contribution is 6.78. The molecule has 226 valence electrons. The van der Waals surface area contributed by atoms with Gasteiger partial charge in [-0.25, -0.2) is 13.6 Å². The van der Waals surface area contributed by atoms with Crippen molar-refractivity contribution in [3.05, 3.63) is 101 Å². The molecule has 0 saturated carbocycles. The van der Waals surface area contributed by atoms with Gasteiger partial charge in [0.1, 0.15) is 5.75 Å². The van der Waals surface area contributed by atoms with Crippen LogP contribution in [0.25, 0.3) is 6.08 Å². The van der Waals surface area contributed by atoms with E-state index in [9.17, 15) is 9.90 Å². The maximum atomic E-state index is 15.5. The molecule has 0 spiro atoms. The number of allylic oxidation sites excluding steroid dienone is 1. The molecule has 0 bridgehead atoms. The van der Waals surface area contributed by atoms with Crippen LogP contribution in [0.1, 0.15) is 75.0 Å². The molecular weight excluding hydrogens is 550 g/mol. The summed E-state index contributed by atoms with van der Waals surface area (Å²) >= 11 is 0. The topological polar surface area (TPSA) is 55.8 Å². The molecule has 0 aliphatic heterocycles. The van der Waals surface area contributed by atoms with Crippen molar-refractivity contribution < 1.29 is 27.8 Å². The van der Waals surface area contributed by atoms with Gasteiger partial charge in [-0.3, -0.25) is 0 Å². The number of esters is 1. The Hall–Kier alpha value is -3.45. The number of benzene rings is 3. The number of aromatic hydroxyl groups is 1. The number of ether oxygens (including phenoxy) is 1. The number of hydrogen-bond acceptors (Lipinski definition) is 4. The average Bonchev–Trinajstić information content (AvgIpc) is 2.94. The van der Waals surface area contributed by atoms with Crippen molar-refractivity contribution in [2.45, 2.75) is 77.4 Å². The fourth-order valence-electron chi connectivity index (χ4n) is 6.07. The molecular formula is C35H44F2O4Si. The lowest BCUT2D eigenvalue weighted by molar-refractivity contribution is 0.0600. The van der Waals surface area contributed by atoms with E-state index in [1.54, 1.807) is 24.3 Å². The first-order valence-corrected chi connectivity index (χ1v) is 16.8. The summed E-state index contributed by atoms with van der Waals surface area (Å²) in [5.74, 6) is -1.93. The Kier molecular flexibility index (Phi) is 11.5. The summed E-state index contributed by atoms with van der Waals surface area (Å²) in [4.78, 5) is 11.8. The highest BCUT2D eigenvalue weighted by atomic mass is 28.4. The summed E-state index contributed by atoms with van der Waals surface area (Å²) in [6.45, 7) is 12.5. The van der Waals surface area contributed by atoms with Crippen molar-refractivity contribution >= 4 is 20.4 Å². The van der Waals surface area contributed by atoms with Gasteiger partial charge in [-0.1, -0.05) is 84.0 Å². The first-order valence-electron chi connectivity index (χ1n) is 14.7. The molecule has 4 nitrogen and oxygen atoms in total. The minimum Gasteiger partial charge on any atom is -0.539 e. The van der Waals surface area contributed by atoms with Crippen LogP contribution in [0.5, 0.6) is 11.5 Å². The zero-order valence-corrected chi connectivity index (χ0v) is 26.8. The number of carbonyl (C=O) groups excluding carboxylic acids is 1. The molecule has 0 aromatic heterocycles. The Balaban J connectivity index is 1.88. The molecule has 0 aliphatic rings. The van der Waals surface area contributed by atoms with Crippen molar-refractivity contribution in [2.75, 3.05) is 7.11 Å². The van der Waals surface area contributed by atoms with Gasteiger partial charge in [0.05, 0.1) is 12.7 Å². The van der Waals surface area contributed by atoms with Crippen LogP contribution in [0.15, 0.2) is 66.7 Å². The van der Waals surface area contributed by atoms with E-state index in [4.69, 9.17) is 9.16 Å². The number of phenolic OH excluding ortho intramolecular Hbond substituents is 1. The summed E-state index contributed by atoms with van der Waals surface area (Å²) in [6, 6.07) is 17.0. The van der Waals surface area contributed by atoms with Gasteiger partial charge in [0.2, 0.25) is 0 Å². The third-order valence-electron chi connectivity index (χ3n) is 8.21. The van der Waals surface area contributed by atoms with Crippen LogP contribution in [0, 0.1) is 17.6 Å². The van der Waals surface area contributed by atoms with E-state index in [1.165, 1.54) is 19.2 Å². The van der Waals surface area contributed by atoms with Crippen LogP contribution in [0.2, 0.25) is 16.6 Å². The van der Waals surface area contributed by atoms with E-state index >= 15 is 8.78 Å². The van der Waals surface area contributed by atoms with Gasteiger partial charge < -0.3 is 14.3 Å². The van der Waals surface area contributed by atoms with E-state index in [2.05, 4.69) is 41.5 Å². The third-order valence-corrected chi connectivity index (χ3v) is 14.2. The molecule has 3 rings (SSSR count). The molecule has 1 N–H and O–H groups in total. The molecule has 3 aromatic rings. The molecule has 1 unspecified atom stereocenters. The van der Waals surface area contributed by atoms with Crippen molar-refractivity contribution in [3.8, 4) is 11.5 Å². The lowest BCUT2D eigenvalue weighted by Gasteiger charge is -2.42. The van der Waals surface area contributed by atoms with Gasteiger partial charge in [-0.05, 0) is 83.3 Å². The van der Waals surface area contributed by atoms with Gasteiger partial charge in [0.15, 0.2) is 17.4 Å². The zero-order valence-electron chi connectivity index (χ0n) is 25.8. The standard InChI is InChI=1S/C35H44F2O4Si/c1-23(2)42(24(3)4,25(5)6)41-34-31(36)21-28(22-32(34)37)20-27(16-17-29-10-8-9-11-33(29)38)13-12-26-14-18-30(19-15-26)35(39)40-7/h8-11,14-19,21-25,27,38H,12-13,20H2,1-7H3. The Bertz CT molecular complexity index is 1320. The smallest absolute Gasteiger partial charge is 0.337 e. The number of rotatable bonds is 13. The van der Waals surface area contributed by atoms with Gasteiger partial charge >= 0.3 is 5.97 Å². The maximum Gasteiger partial charge on any atom is 0.337 e. The van der Waals surface area contributed by atoms with Gasteiger partial charge in [-0.15, -0.1) is 0 Å². The molecule has 0 saturated heterocycles. The van der Waals surface area contributed by atoms with Crippen molar-refractivity contribution in [1.82, 2.24) is 0 Å². The molecule has 0 amide bonds. The Morgan fingerprint density at radius 1 is 0.881 bits per heavy atom. The van der Waals surface area contributed by atoms with E-state index in [1.807, 2.05) is 36.4 Å². The van der Waals surface area contributed by atoms with Crippen molar-refractivity contribution in [2.24, 2.45) is 5.92 Å². The quantitative estimate of drug-likeness (QED) is 0.158. The first kappa shape index (κ1) is 33.1. The monoisotopic (exact) mass is 594 g/mol. The molecule has 7 heteroatoms. The summed E-state index contributed by atoms with van der Waals surface area (Å²) in [5, 5.41) is 10.2. The first-order chi connectivity index (χ1) is 19.9. The zero-order chi connectivity index (χ0) is 31.0. The highest BCUT2D eigenvalue weighted by Gasteiger charge is 2.47. The molecule has 1 atom stereocenters. The second kappa shape index (κ2) is 14.6.